The molecular weight excluding hydrogens is 365 g/mol. The van der Waals surface area contributed by atoms with Crippen LogP contribution in [0.1, 0.15) is 41.0 Å². The van der Waals surface area contributed by atoms with Crippen LogP contribution in [0.15, 0.2) is 30.5 Å². The van der Waals surface area contributed by atoms with Crippen LogP contribution >= 0.6 is 0 Å². The first kappa shape index (κ1) is 19.8. The number of piperidine rings is 1. The highest BCUT2D eigenvalue weighted by Gasteiger charge is 2.41. The molecule has 29 heavy (non-hydrogen) atoms. The lowest BCUT2D eigenvalue weighted by molar-refractivity contribution is 0.0912. The van der Waals surface area contributed by atoms with Crippen LogP contribution in [0.5, 0.6) is 0 Å². The molecule has 1 N–H and O–H groups in total. The van der Waals surface area contributed by atoms with Gasteiger partial charge in [0, 0.05) is 24.7 Å². The molecule has 4 rings (SSSR count). The topological polar surface area (TPSA) is 57.7 Å². The number of nitrogens with one attached hydrogen (secondary N) is 1. The van der Waals surface area contributed by atoms with Gasteiger partial charge in [0.1, 0.15) is 11.5 Å². The molecule has 1 fully saturated rings. The van der Waals surface area contributed by atoms with Crippen molar-refractivity contribution in [3.8, 4) is 11.4 Å². The van der Waals surface area contributed by atoms with Gasteiger partial charge in [-0.25, -0.2) is 14.4 Å². The first-order valence-electron chi connectivity index (χ1n) is 10.5. The molecule has 6 heteroatoms. The van der Waals surface area contributed by atoms with Crippen molar-refractivity contribution < 1.29 is 4.39 Å². The zero-order valence-corrected chi connectivity index (χ0v) is 17.9. The molecule has 3 atom stereocenters. The molecule has 0 spiro atoms. The maximum absolute atomic E-state index is 14.7. The van der Waals surface area contributed by atoms with Crippen molar-refractivity contribution in [1.82, 2.24) is 20.2 Å². The Kier molecular flexibility index (Phi) is 5.05. The summed E-state index contributed by atoms with van der Waals surface area (Å²) in [6, 6.07) is 7.03. The van der Waals surface area contributed by atoms with E-state index in [1.807, 2.05) is 12.1 Å². The SMILES string of the molecule is CC(C)CC1(C)CN(c2ccc(F)c(-c3[nH]nc4ncccc34)n2)CC(C)C1C. The number of hydrogen-bond donors (Lipinski definition) is 1. The van der Waals surface area contributed by atoms with Gasteiger partial charge in [0.25, 0.3) is 0 Å². The lowest BCUT2D eigenvalue weighted by Crippen LogP contribution is -2.51. The monoisotopic (exact) mass is 395 g/mol. The number of nitrogens with zero attached hydrogens (tertiary/aromatic N) is 4. The molecule has 1 aliphatic heterocycles. The molecule has 1 saturated heterocycles. The first-order chi connectivity index (χ1) is 13.8. The number of halogens is 1. The van der Waals surface area contributed by atoms with Crippen LogP contribution in [-0.2, 0) is 0 Å². The van der Waals surface area contributed by atoms with E-state index in [1.165, 1.54) is 12.5 Å². The summed E-state index contributed by atoms with van der Waals surface area (Å²) in [7, 11) is 0. The van der Waals surface area contributed by atoms with Gasteiger partial charge >= 0.3 is 0 Å². The number of H-pyrrole nitrogens is 1. The minimum Gasteiger partial charge on any atom is -0.356 e. The minimum absolute atomic E-state index is 0.201. The van der Waals surface area contributed by atoms with E-state index in [0.717, 1.165) is 24.3 Å². The molecule has 1 aliphatic rings. The molecule has 4 heterocycles. The molecule has 3 unspecified atom stereocenters. The van der Waals surface area contributed by atoms with Crippen molar-refractivity contribution in [2.45, 2.75) is 41.0 Å². The zero-order chi connectivity index (χ0) is 20.8. The Balaban J connectivity index is 1.72. The molecule has 0 radical (unpaired) electrons. The van der Waals surface area contributed by atoms with Crippen molar-refractivity contribution in [2.24, 2.45) is 23.2 Å². The molecule has 0 aliphatic carbocycles. The largest absolute Gasteiger partial charge is 0.356 e. The summed E-state index contributed by atoms with van der Waals surface area (Å²) in [4.78, 5) is 11.3. The van der Waals surface area contributed by atoms with E-state index in [0.29, 0.717) is 34.8 Å². The van der Waals surface area contributed by atoms with Crippen LogP contribution in [0.25, 0.3) is 22.4 Å². The van der Waals surface area contributed by atoms with Gasteiger partial charge in [-0.05, 0) is 53.9 Å². The minimum atomic E-state index is -0.355. The van der Waals surface area contributed by atoms with Crippen molar-refractivity contribution in [1.29, 1.82) is 0 Å². The Labute approximate surface area is 171 Å². The summed E-state index contributed by atoms with van der Waals surface area (Å²) < 4.78 is 14.7. The summed E-state index contributed by atoms with van der Waals surface area (Å²) >= 11 is 0. The Morgan fingerprint density at radius 3 is 2.83 bits per heavy atom. The number of aromatic amines is 1. The van der Waals surface area contributed by atoms with E-state index in [9.17, 15) is 4.39 Å². The molecule has 0 saturated carbocycles. The second-order valence-corrected chi connectivity index (χ2v) is 9.37. The van der Waals surface area contributed by atoms with E-state index in [4.69, 9.17) is 4.98 Å². The number of fused-ring (bicyclic) bond motifs is 1. The van der Waals surface area contributed by atoms with E-state index >= 15 is 0 Å². The van der Waals surface area contributed by atoms with Gasteiger partial charge in [0.15, 0.2) is 11.5 Å². The number of pyridine rings is 2. The number of aromatic nitrogens is 4. The fourth-order valence-electron chi connectivity index (χ4n) is 5.01. The quantitative estimate of drug-likeness (QED) is 0.651. The molecule has 0 aromatic carbocycles. The van der Waals surface area contributed by atoms with Gasteiger partial charge in [-0.3, -0.25) is 5.10 Å². The van der Waals surface area contributed by atoms with E-state index in [-0.39, 0.29) is 11.2 Å². The Morgan fingerprint density at radius 1 is 1.28 bits per heavy atom. The maximum Gasteiger partial charge on any atom is 0.181 e. The highest BCUT2D eigenvalue weighted by molar-refractivity contribution is 5.89. The summed E-state index contributed by atoms with van der Waals surface area (Å²) in [5, 5.41) is 7.90. The van der Waals surface area contributed by atoms with Gasteiger partial charge in [-0.2, -0.15) is 5.10 Å². The standard InChI is InChI=1S/C23H30FN5/c1-14(2)11-23(5)13-29(12-15(3)16(23)4)19-9-8-18(24)21(26-19)20-17-7-6-10-25-22(17)28-27-20/h6-10,14-16H,11-13H2,1-5H3,(H,25,27,28). The normalized spacial score (nSPS) is 25.1. The third kappa shape index (κ3) is 3.61. The van der Waals surface area contributed by atoms with E-state index in [2.05, 4.69) is 54.7 Å². The molecule has 154 valence electrons. The van der Waals surface area contributed by atoms with Gasteiger partial charge in [0.2, 0.25) is 0 Å². The van der Waals surface area contributed by atoms with Gasteiger partial charge < -0.3 is 4.90 Å². The van der Waals surface area contributed by atoms with E-state index < -0.39 is 0 Å². The van der Waals surface area contributed by atoms with Crippen molar-refractivity contribution >= 4 is 16.9 Å². The predicted octanol–water partition coefficient (Wildman–Crippen LogP) is 5.30. The van der Waals surface area contributed by atoms with Crippen LogP contribution < -0.4 is 4.90 Å². The number of hydrogen-bond acceptors (Lipinski definition) is 4. The van der Waals surface area contributed by atoms with Gasteiger partial charge in [0.05, 0.1) is 5.69 Å². The average molecular weight is 396 g/mol. The van der Waals surface area contributed by atoms with Crippen LogP contribution in [0.2, 0.25) is 0 Å². The van der Waals surface area contributed by atoms with Crippen molar-refractivity contribution in [3.05, 3.63) is 36.3 Å². The smallest absolute Gasteiger partial charge is 0.181 e. The summed E-state index contributed by atoms with van der Waals surface area (Å²) in [6.45, 7) is 13.5. The Bertz CT molecular complexity index is 1010. The molecule has 0 bridgehead atoms. The van der Waals surface area contributed by atoms with Crippen LogP contribution in [0.4, 0.5) is 10.2 Å². The fraction of sp³-hybridized carbons (Fsp3) is 0.522. The molecule has 0 amide bonds. The van der Waals surface area contributed by atoms with Crippen molar-refractivity contribution in [3.63, 3.8) is 0 Å². The van der Waals surface area contributed by atoms with Crippen LogP contribution in [-0.4, -0.2) is 33.3 Å². The lowest BCUT2D eigenvalue weighted by atomic mass is 9.65. The van der Waals surface area contributed by atoms with E-state index in [1.54, 1.807) is 12.3 Å². The first-order valence-corrected chi connectivity index (χ1v) is 10.5. The van der Waals surface area contributed by atoms with Crippen molar-refractivity contribution in [2.75, 3.05) is 18.0 Å². The zero-order valence-electron chi connectivity index (χ0n) is 17.9. The third-order valence-corrected chi connectivity index (χ3v) is 6.61. The predicted molar refractivity (Wildman–Crippen MR) is 115 cm³/mol. The highest BCUT2D eigenvalue weighted by atomic mass is 19.1. The lowest BCUT2D eigenvalue weighted by Gasteiger charge is -2.50. The van der Waals surface area contributed by atoms with Crippen LogP contribution in [0.3, 0.4) is 0 Å². The van der Waals surface area contributed by atoms with Gasteiger partial charge in [-0.1, -0.05) is 34.6 Å². The number of rotatable bonds is 4. The number of anilines is 1. The summed E-state index contributed by atoms with van der Waals surface area (Å²) in [5.74, 6) is 2.27. The Morgan fingerprint density at radius 2 is 2.07 bits per heavy atom. The second-order valence-electron chi connectivity index (χ2n) is 9.37. The van der Waals surface area contributed by atoms with Crippen LogP contribution in [0, 0.1) is 29.0 Å². The molecule has 3 aromatic rings. The second kappa shape index (κ2) is 7.39. The summed E-state index contributed by atoms with van der Waals surface area (Å²) in [5.41, 5.74) is 1.65. The van der Waals surface area contributed by atoms with Gasteiger partial charge in [-0.15, -0.1) is 0 Å². The highest BCUT2D eigenvalue weighted by Crippen LogP contribution is 2.44. The molecule has 5 nitrogen and oxygen atoms in total. The summed E-state index contributed by atoms with van der Waals surface area (Å²) in [6.07, 6.45) is 2.85. The Hall–Kier alpha value is -2.50. The molecule has 3 aromatic heterocycles. The fourth-order valence-corrected chi connectivity index (χ4v) is 5.01. The average Bonchev–Trinajstić information content (AvgIpc) is 3.09. The molecular formula is C23H30FN5. The maximum atomic E-state index is 14.7. The third-order valence-electron chi connectivity index (χ3n) is 6.61.